The molecule has 0 bridgehead atoms. The van der Waals surface area contributed by atoms with E-state index in [1.807, 2.05) is 31.2 Å². The summed E-state index contributed by atoms with van der Waals surface area (Å²) in [6.45, 7) is 6.91. The average molecular weight is 289 g/mol. The van der Waals surface area contributed by atoms with Gasteiger partial charge in [-0.05, 0) is 18.6 Å². The maximum atomic E-state index is 12.5. The van der Waals surface area contributed by atoms with Crippen LogP contribution in [-0.2, 0) is 0 Å². The van der Waals surface area contributed by atoms with E-state index in [-0.39, 0.29) is 5.91 Å². The zero-order valence-corrected chi connectivity index (χ0v) is 12.2. The second-order valence-electron chi connectivity index (χ2n) is 4.55. The Morgan fingerprint density at radius 1 is 1.45 bits per heavy atom. The van der Waals surface area contributed by atoms with Crippen molar-refractivity contribution >= 4 is 28.4 Å². The van der Waals surface area contributed by atoms with Crippen LogP contribution in [0.5, 0.6) is 0 Å². The van der Waals surface area contributed by atoms with Crippen molar-refractivity contribution in [1.29, 1.82) is 0 Å². The average Bonchev–Trinajstić information content (AvgIpc) is 2.46. The van der Waals surface area contributed by atoms with Crippen molar-refractivity contribution in [3.8, 4) is 0 Å². The molecular weight excluding hydrogens is 272 g/mol. The summed E-state index contributed by atoms with van der Waals surface area (Å²) < 4.78 is 0. The van der Waals surface area contributed by atoms with Gasteiger partial charge in [0.15, 0.2) is 0 Å². The molecule has 0 atom stereocenters. The molecule has 0 N–H and O–H groups in total. The summed E-state index contributed by atoms with van der Waals surface area (Å²) in [4.78, 5) is 18.6. The first-order valence-electron chi connectivity index (χ1n) is 6.62. The summed E-state index contributed by atoms with van der Waals surface area (Å²) in [6, 6.07) is 9.17. The zero-order chi connectivity index (χ0) is 14.5. The Morgan fingerprint density at radius 2 is 2.20 bits per heavy atom. The molecule has 0 unspecified atom stereocenters. The minimum atomic E-state index is -0.112. The molecule has 2 aromatic rings. The van der Waals surface area contributed by atoms with E-state index in [0.717, 1.165) is 17.3 Å². The van der Waals surface area contributed by atoms with Crippen LogP contribution in [0.2, 0.25) is 5.02 Å². The number of amides is 1. The number of hydrogen-bond donors (Lipinski definition) is 0. The summed E-state index contributed by atoms with van der Waals surface area (Å²) in [5.74, 6) is -0.112. The van der Waals surface area contributed by atoms with E-state index < -0.39 is 0 Å². The summed E-state index contributed by atoms with van der Waals surface area (Å²) >= 11 is 6.23. The number of rotatable bonds is 5. The van der Waals surface area contributed by atoms with Gasteiger partial charge < -0.3 is 4.90 Å². The highest BCUT2D eigenvalue weighted by molar-refractivity contribution is 6.35. The van der Waals surface area contributed by atoms with Crippen molar-refractivity contribution in [1.82, 2.24) is 9.88 Å². The molecule has 0 aliphatic carbocycles. The number of fused-ring (bicyclic) bond motifs is 1. The predicted octanol–water partition coefficient (Wildman–Crippen LogP) is 3.93. The molecular formula is C16H17ClN2O. The minimum Gasteiger partial charge on any atom is -0.334 e. The van der Waals surface area contributed by atoms with Crippen LogP contribution >= 0.6 is 11.6 Å². The SMILES string of the molecule is C=CCN(CCC)C(=O)c1cc(Cl)c2ccccc2n1. The van der Waals surface area contributed by atoms with E-state index in [1.54, 1.807) is 17.0 Å². The summed E-state index contributed by atoms with van der Waals surface area (Å²) in [5.41, 5.74) is 1.11. The van der Waals surface area contributed by atoms with E-state index in [4.69, 9.17) is 11.6 Å². The summed E-state index contributed by atoms with van der Waals surface area (Å²) in [6.07, 6.45) is 2.61. The van der Waals surface area contributed by atoms with E-state index >= 15 is 0 Å². The second kappa shape index (κ2) is 6.53. The molecule has 20 heavy (non-hydrogen) atoms. The predicted molar refractivity (Wildman–Crippen MR) is 83.1 cm³/mol. The van der Waals surface area contributed by atoms with Gasteiger partial charge in [0.05, 0.1) is 10.5 Å². The number of para-hydroxylation sites is 1. The summed E-state index contributed by atoms with van der Waals surface area (Å²) in [5, 5.41) is 1.41. The van der Waals surface area contributed by atoms with E-state index in [1.165, 1.54) is 0 Å². The maximum absolute atomic E-state index is 12.5. The molecule has 0 saturated heterocycles. The lowest BCUT2D eigenvalue weighted by Crippen LogP contribution is -2.32. The van der Waals surface area contributed by atoms with Crippen molar-refractivity contribution < 1.29 is 4.79 Å². The van der Waals surface area contributed by atoms with Gasteiger partial charge in [0.2, 0.25) is 0 Å². The van der Waals surface area contributed by atoms with Crippen LogP contribution in [0.4, 0.5) is 0 Å². The lowest BCUT2D eigenvalue weighted by molar-refractivity contribution is 0.0768. The zero-order valence-electron chi connectivity index (χ0n) is 11.5. The molecule has 0 spiro atoms. The first-order chi connectivity index (χ1) is 9.67. The minimum absolute atomic E-state index is 0.112. The van der Waals surface area contributed by atoms with Crippen LogP contribution in [0.25, 0.3) is 10.9 Å². The molecule has 0 fully saturated rings. The molecule has 1 heterocycles. The Hall–Kier alpha value is -1.87. The van der Waals surface area contributed by atoms with Gasteiger partial charge >= 0.3 is 0 Å². The lowest BCUT2D eigenvalue weighted by Gasteiger charge is -2.20. The second-order valence-corrected chi connectivity index (χ2v) is 4.95. The van der Waals surface area contributed by atoms with E-state index in [0.29, 0.717) is 23.8 Å². The third-order valence-corrected chi connectivity index (χ3v) is 3.33. The van der Waals surface area contributed by atoms with Gasteiger partial charge in [0.25, 0.3) is 5.91 Å². The van der Waals surface area contributed by atoms with Crippen molar-refractivity contribution in [3.05, 3.63) is 53.7 Å². The standard InChI is InChI=1S/C16H17ClN2O/c1-3-9-19(10-4-2)16(20)15-11-13(17)12-7-5-6-8-14(12)18-15/h3,5-8,11H,1,4,9-10H2,2H3. The van der Waals surface area contributed by atoms with Crippen LogP contribution < -0.4 is 0 Å². The quantitative estimate of drug-likeness (QED) is 0.781. The number of carbonyl (C=O) groups is 1. The normalized spacial score (nSPS) is 10.5. The molecule has 0 radical (unpaired) electrons. The molecule has 3 nitrogen and oxygen atoms in total. The highest BCUT2D eigenvalue weighted by atomic mass is 35.5. The highest BCUT2D eigenvalue weighted by Crippen LogP contribution is 2.23. The largest absolute Gasteiger partial charge is 0.334 e. The molecule has 0 aliphatic rings. The molecule has 2 rings (SSSR count). The fraction of sp³-hybridized carbons (Fsp3) is 0.250. The van der Waals surface area contributed by atoms with Gasteiger partial charge in [0.1, 0.15) is 5.69 Å². The fourth-order valence-electron chi connectivity index (χ4n) is 2.11. The van der Waals surface area contributed by atoms with E-state index in [2.05, 4.69) is 11.6 Å². The number of nitrogens with zero attached hydrogens (tertiary/aromatic N) is 2. The third-order valence-electron chi connectivity index (χ3n) is 3.02. The molecule has 4 heteroatoms. The van der Waals surface area contributed by atoms with Crippen LogP contribution in [-0.4, -0.2) is 28.9 Å². The van der Waals surface area contributed by atoms with Gasteiger partial charge in [0, 0.05) is 18.5 Å². The number of pyridine rings is 1. The third kappa shape index (κ3) is 2.99. The molecule has 0 saturated carbocycles. The van der Waals surface area contributed by atoms with Crippen LogP contribution in [0, 0.1) is 0 Å². The molecule has 0 aliphatic heterocycles. The first-order valence-corrected chi connectivity index (χ1v) is 7.00. The van der Waals surface area contributed by atoms with Crippen molar-refractivity contribution in [2.24, 2.45) is 0 Å². The van der Waals surface area contributed by atoms with Crippen molar-refractivity contribution in [3.63, 3.8) is 0 Å². The Balaban J connectivity index is 2.41. The monoisotopic (exact) mass is 288 g/mol. The van der Waals surface area contributed by atoms with Gasteiger partial charge in [-0.1, -0.05) is 42.8 Å². The van der Waals surface area contributed by atoms with Crippen LogP contribution in [0.15, 0.2) is 43.0 Å². The van der Waals surface area contributed by atoms with Gasteiger partial charge in [-0.25, -0.2) is 4.98 Å². The molecule has 1 aromatic carbocycles. The summed E-state index contributed by atoms with van der Waals surface area (Å²) in [7, 11) is 0. The first kappa shape index (κ1) is 14.5. The molecule has 1 aromatic heterocycles. The van der Waals surface area contributed by atoms with Gasteiger partial charge in [-0.2, -0.15) is 0 Å². The number of benzene rings is 1. The highest BCUT2D eigenvalue weighted by Gasteiger charge is 2.17. The van der Waals surface area contributed by atoms with Crippen LogP contribution in [0.3, 0.4) is 0 Å². The Kier molecular flexibility index (Phi) is 4.74. The smallest absolute Gasteiger partial charge is 0.272 e. The number of carbonyl (C=O) groups excluding carboxylic acids is 1. The maximum Gasteiger partial charge on any atom is 0.272 e. The molecule has 104 valence electrons. The number of aromatic nitrogens is 1. The van der Waals surface area contributed by atoms with Crippen molar-refractivity contribution in [2.45, 2.75) is 13.3 Å². The molecule has 1 amide bonds. The fourth-order valence-corrected chi connectivity index (χ4v) is 2.37. The topological polar surface area (TPSA) is 33.2 Å². The number of hydrogen-bond acceptors (Lipinski definition) is 2. The Labute approximate surface area is 123 Å². The number of halogens is 1. The Bertz CT molecular complexity index is 639. The van der Waals surface area contributed by atoms with Crippen molar-refractivity contribution in [2.75, 3.05) is 13.1 Å². The van der Waals surface area contributed by atoms with Crippen LogP contribution in [0.1, 0.15) is 23.8 Å². The van der Waals surface area contributed by atoms with Gasteiger partial charge in [-0.15, -0.1) is 6.58 Å². The van der Waals surface area contributed by atoms with Gasteiger partial charge in [-0.3, -0.25) is 4.79 Å². The van der Waals surface area contributed by atoms with E-state index in [9.17, 15) is 4.79 Å². The lowest BCUT2D eigenvalue weighted by atomic mass is 10.2. The Morgan fingerprint density at radius 3 is 2.90 bits per heavy atom.